The first-order valence-corrected chi connectivity index (χ1v) is 10.4. The predicted octanol–water partition coefficient (Wildman–Crippen LogP) is 3.55. The van der Waals surface area contributed by atoms with E-state index in [2.05, 4.69) is 24.5 Å². The number of hydrogen-bond acceptors (Lipinski definition) is 3. The highest BCUT2D eigenvalue weighted by Crippen LogP contribution is 2.58. The first-order chi connectivity index (χ1) is 13.0. The number of rotatable bonds is 3. The SMILES string of the molecule is CC1CC(C)CN(C(=O)c2ccccc2NC(=O)C2CC23CCNCC3)C1.Cl. The molecule has 2 aliphatic heterocycles. The van der Waals surface area contributed by atoms with Crippen molar-refractivity contribution in [1.82, 2.24) is 10.2 Å². The number of nitrogens with zero attached hydrogens (tertiary/aromatic N) is 1. The van der Waals surface area contributed by atoms with Gasteiger partial charge in [-0.2, -0.15) is 0 Å². The van der Waals surface area contributed by atoms with Crippen LogP contribution in [0.15, 0.2) is 24.3 Å². The van der Waals surface area contributed by atoms with Gasteiger partial charge in [-0.3, -0.25) is 9.59 Å². The fourth-order valence-electron chi connectivity index (χ4n) is 5.19. The molecule has 1 saturated carbocycles. The molecule has 1 aromatic rings. The van der Waals surface area contributed by atoms with Gasteiger partial charge >= 0.3 is 0 Å². The van der Waals surface area contributed by atoms with E-state index in [-0.39, 0.29) is 35.6 Å². The number of piperidine rings is 2. The minimum atomic E-state index is 0. The minimum Gasteiger partial charge on any atom is -0.338 e. The highest BCUT2D eigenvalue weighted by Gasteiger charge is 2.57. The van der Waals surface area contributed by atoms with Crippen molar-refractivity contribution in [2.75, 3.05) is 31.5 Å². The van der Waals surface area contributed by atoms with Crippen LogP contribution in [0.1, 0.15) is 49.9 Å². The Balaban J connectivity index is 0.00000225. The van der Waals surface area contributed by atoms with E-state index < -0.39 is 0 Å². The molecule has 0 bridgehead atoms. The molecule has 2 N–H and O–H groups in total. The lowest BCUT2D eigenvalue weighted by molar-refractivity contribution is -0.118. The van der Waals surface area contributed by atoms with Crippen molar-refractivity contribution in [1.29, 1.82) is 0 Å². The molecule has 3 aliphatic rings. The average Bonchev–Trinajstić information content (AvgIpc) is 3.34. The number of likely N-dealkylation sites (tertiary alicyclic amines) is 1. The second-order valence-corrected chi connectivity index (χ2v) is 9.06. The van der Waals surface area contributed by atoms with Crippen molar-refractivity contribution in [3.63, 3.8) is 0 Å². The summed E-state index contributed by atoms with van der Waals surface area (Å²) in [4.78, 5) is 27.9. The Morgan fingerprint density at radius 1 is 1.11 bits per heavy atom. The fourth-order valence-corrected chi connectivity index (χ4v) is 5.19. The highest BCUT2D eigenvalue weighted by molar-refractivity contribution is 6.04. The Morgan fingerprint density at radius 2 is 1.75 bits per heavy atom. The van der Waals surface area contributed by atoms with E-state index in [1.165, 1.54) is 6.42 Å². The van der Waals surface area contributed by atoms with Crippen LogP contribution in [0.3, 0.4) is 0 Å². The molecule has 3 atom stereocenters. The van der Waals surface area contributed by atoms with Crippen molar-refractivity contribution >= 4 is 29.9 Å². The zero-order valence-electron chi connectivity index (χ0n) is 16.9. The average molecular weight is 406 g/mol. The van der Waals surface area contributed by atoms with Gasteiger partial charge in [0.2, 0.25) is 5.91 Å². The van der Waals surface area contributed by atoms with Crippen LogP contribution in [0.5, 0.6) is 0 Å². The zero-order valence-corrected chi connectivity index (χ0v) is 17.7. The molecule has 5 nitrogen and oxygen atoms in total. The van der Waals surface area contributed by atoms with Crippen molar-refractivity contribution in [3.8, 4) is 0 Å². The maximum absolute atomic E-state index is 13.1. The van der Waals surface area contributed by atoms with E-state index >= 15 is 0 Å². The van der Waals surface area contributed by atoms with Crippen molar-refractivity contribution in [2.24, 2.45) is 23.2 Å². The summed E-state index contributed by atoms with van der Waals surface area (Å²) >= 11 is 0. The van der Waals surface area contributed by atoms with Crippen molar-refractivity contribution in [3.05, 3.63) is 29.8 Å². The summed E-state index contributed by atoms with van der Waals surface area (Å²) in [5.74, 6) is 1.25. The molecule has 3 unspecified atom stereocenters. The molecule has 2 amide bonds. The van der Waals surface area contributed by atoms with Gasteiger partial charge in [0.1, 0.15) is 0 Å². The van der Waals surface area contributed by atoms with Gasteiger partial charge in [0, 0.05) is 19.0 Å². The Bertz CT molecular complexity index is 722. The Labute approximate surface area is 174 Å². The maximum atomic E-state index is 13.1. The molecule has 1 aliphatic carbocycles. The number of para-hydroxylation sites is 1. The molecule has 0 radical (unpaired) electrons. The Hall–Kier alpha value is -1.59. The largest absolute Gasteiger partial charge is 0.338 e. The zero-order chi connectivity index (χ0) is 19.0. The van der Waals surface area contributed by atoms with Crippen LogP contribution < -0.4 is 10.6 Å². The van der Waals surface area contributed by atoms with Crippen LogP contribution in [-0.4, -0.2) is 42.9 Å². The monoisotopic (exact) mass is 405 g/mol. The van der Waals surface area contributed by atoms with Crippen molar-refractivity contribution < 1.29 is 9.59 Å². The summed E-state index contributed by atoms with van der Waals surface area (Å²) in [5.41, 5.74) is 1.48. The number of nitrogens with one attached hydrogen (secondary N) is 2. The normalized spacial score (nSPS) is 28.4. The van der Waals surface area contributed by atoms with E-state index in [1.54, 1.807) is 0 Å². The molecule has 0 aromatic heterocycles. The van der Waals surface area contributed by atoms with Gasteiger partial charge in [-0.1, -0.05) is 26.0 Å². The third-order valence-electron chi connectivity index (χ3n) is 6.68. The summed E-state index contributed by atoms with van der Waals surface area (Å²) < 4.78 is 0. The summed E-state index contributed by atoms with van der Waals surface area (Å²) in [6.45, 7) is 8.01. The van der Waals surface area contributed by atoms with Gasteiger partial charge in [0.25, 0.3) is 5.91 Å². The second kappa shape index (κ2) is 8.42. The number of anilines is 1. The molecule has 1 spiro atoms. The topological polar surface area (TPSA) is 61.4 Å². The van der Waals surface area contributed by atoms with Crippen LogP contribution in [-0.2, 0) is 4.79 Å². The molecular weight excluding hydrogens is 374 g/mol. The molecule has 4 rings (SSSR count). The van der Waals surface area contributed by atoms with Gasteiger partial charge in [0.15, 0.2) is 0 Å². The van der Waals surface area contributed by atoms with E-state index in [1.807, 2.05) is 29.2 Å². The summed E-state index contributed by atoms with van der Waals surface area (Å²) in [6, 6.07) is 7.47. The molecule has 1 aromatic carbocycles. The second-order valence-electron chi connectivity index (χ2n) is 9.06. The summed E-state index contributed by atoms with van der Waals surface area (Å²) in [6.07, 6.45) is 4.31. The lowest BCUT2D eigenvalue weighted by Crippen LogP contribution is -2.42. The van der Waals surface area contributed by atoms with Crippen LogP contribution in [0.25, 0.3) is 0 Å². The van der Waals surface area contributed by atoms with Gasteiger partial charge in [-0.15, -0.1) is 12.4 Å². The van der Waals surface area contributed by atoms with Gasteiger partial charge in [-0.25, -0.2) is 0 Å². The number of carbonyl (C=O) groups excluding carboxylic acids is 2. The summed E-state index contributed by atoms with van der Waals surface area (Å²) in [7, 11) is 0. The van der Waals surface area contributed by atoms with Crippen LogP contribution in [0.4, 0.5) is 5.69 Å². The minimum absolute atomic E-state index is 0. The number of benzene rings is 1. The quantitative estimate of drug-likeness (QED) is 0.808. The van der Waals surface area contributed by atoms with E-state index in [4.69, 9.17) is 0 Å². The van der Waals surface area contributed by atoms with Gasteiger partial charge < -0.3 is 15.5 Å². The molecule has 6 heteroatoms. The number of halogens is 1. The van der Waals surface area contributed by atoms with E-state index in [0.717, 1.165) is 45.4 Å². The molecule has 28 heavy (non-hydrogen) atoms. The molecule has 2 heterocycles. The van der Waals surface area contributed by atoms with Crippen LogP contribution >= 0.6 is 12.4 Å². The first kappa shape index (κ1) is 21.1. The standard InChI is InChI=1S/C22H31N3O2.ClH/c1-15-11-16(2)14-25(13-15)21(27)17-5-3-4-6-19(17)24-20(26)18-12-22(18)7-9-23-10-8-22;/h3-6,15-16,18,23H,7-14H2,1-2H3,(H,24,26);1H. The summed E-state index contributed by atoms with van der Waals surface area (Å²) in [5, 5.41) is 6.45. The third kappa shape index (κ3) is 4.20. The van der Waals surface area contributed by atoms with Crippen molar-refractivity contribution in [2.45, 2.75) is 39.5 Å². The first-order valence-electron chi connectivity index (χ1n) is 10.4. The smallest absolute Gasteiger partial charge is 0.255 e. The maximum Gasteiger partial charge on any atom is 0.255 e. The highest BCUT2D eigenvalue weighted by atomic mass is 35.5. The van der Waals surface area contributed by atoms with E-state index in [9.17, 15) is 9.59 Å². The molecule has 3 fully saturated rings. The van der Waals surface area contributed by atoms with Gasteiger partial charge in [-0.05, 0) is 68.2 Å². The number of amides is 2. The third-order valence-corrected chi connectivity index (χ3v) is 6.68. The Morgan fingerprint density at radius 3 is 2.43 bits per heavy atom. The lowest BCUT2D eigenvalue weighted by atomic mass is 9.91. The fraction of sp³-hybridized carbons (Fsp3) is 0.636. The van der Waals surface area contributed by atoms with Crippen LogP contribution in [0, 0.1) is 23.2 Å². The number of carbonyl (C=O) groups is 2. The number of hydrogen-bond donors (Lipinski definition) is 2. The van der Waals surface area contributed by atoms with Crippen LogP contribution in [0.2, 0.25) is 0 Å². The predicted molar refractivity (Wildman–Crippen MR) is 114 cm³/mol. The molecule has 154 valence electrons. The molecular formula is C22H32ClN3O2. The molecule has 2 saturated heterocycles. The lowest BCUT2D eigenvalue weighted by Gasteiger charge is -2.35. The Kier molecular flexibility index (Phi) is 6.35. The van der Waals surface area contributed by atoms with Gasteiger partial charge in [0.05, 0.1) is 11.3 Å². The van der Waals surface area contributed by atoms with E-state index in [0.29, 0.717) is 23.1 Å².